The van der Waals surface area contributed by atoms with E-state index in [0.717, 1.165) is 30.2 Å². The molecular weight excluding hydrogens is 404 g/mol. The molecule has 0 unspecified atom stereocenters. The maximum Gasteiger partial charge on any atom is 0.220 e. The quantitative estimate of drug-likeness (QED) is 0.411. The molecular formula is C23H29F2N3O3. The predicted octanol–water partition coefficient (Wildman–Crippen LogP) is 1.97. The van der Waals surface area contributed by atoms with E-state index in [1.54, 1.807) is 0 Å². The molecule has 0 heterocycles. The second-order valence-electron chi connectivity index (χ2n) is 7.49. The summed E-state index contributed by atoms with van der Waals surface area (Å²) in [6.45, 7) is 2.73. The van der Waals surface area contributed by atoms with Crippen LogP contribution in [0.5, 0.6) is 0 Å². The van der Waals surface area contributed by atoms with Gasteiger partial charge in [-0.15, -0.1) is 0 Å². The zero-order valence-electron chi connectivity index (χ0n) is 17.5. The summed E-state index contributed by atoms with van der Waals surface area (Å²) in [5.41, 5.74) is 7.62. The maximum atomic E-state index is 13.6. The Kier molecular flexibility index (Phi) is 9.55. The van der Waals surface area contributed by atoms with Crippen LogP contribution in [0.3, 0.4) is 0 Å². The third-order valence-corrected chi connectivity index (χ3v) is 4.87. The number of rotatable bonds is 12. The fourth-order valence-electron chi connectivity index (χ4n) is 3.25. The number of aliphatic hydroxyl groups is 1. The first-order chi connectivity index (χ1) is 14.8. The number of benzene rings is 2. The highest BCUT2D eigenvalue weighted by Crippen LogP contribution is 2.12. The van der Waals surface area contributed by atoms with E-state index in [4.69, 9.17) is 5.73 Å². The standard InChI is InChI=1S/C23H29F2N3O3/c1-2-15-4-3-5-16(8-15)13-27-14-21(29)20(28-23(31)7-6-22(26)30)11-17-9-18(24)12-19(25)10-17/h3-5,8-10,12,20-21,27,29H,2,6-7,11,13-14H2,1H3,(H2,26,30)(H,28,31)/t20-,21+/m0/s1. The van der Waals surface area contributed by atoms with Crippen molar-refractivity contribution in [1.29, 1.82) is 0 Å². The number of nitrogens with two attached hydrogens (primary N) is 1. The first-order valence-corrected chi connectivity index (χ1v) is 10.3. The Bertz CT molecular complexity index is 872. The lowest BCUT2D eigenvalue weighted by Gasteiger charge is -2.25. The highest BCUT2D eigenvalue weighted by atomic mass is 19.1. The molecule has 0 saturated carbocycles. The molecule has 6 nitrogen and oxygen atoms in total. The lowest BCUT2D eigenvalue weighted by molar-refractivity contribution is -0.126. The molecule has 0 aliphatic carbocycles. The number of aryl methyl sites for hydroxylation is 1. The maximum absolute atomic E-state index is 13.6. The van der Waals surface area contributed by atoms with Gasteiger partial charge in [0.2, 0.25) is 11.8 Å². The zero-order valence-corrected chi connectivity index (χ0v) is 17.5. The molecule has 0 saturated heterocycles. The van der Waals surface area contributed by atoms with E-state index in [0.29, 0.717) is 12.1 Å². The molecule has 2 atom stereocenters. The Morgan fingerprint density at radius 3 is 2.35 bits per heavy atom. The van der Waals surface area contributed by atoms with Gasteiger partial charge in [0.1, 0.15) is 11.6 Å². The highest BCUT2D eigenvalue weighted by Gasteiger charge is 2.22. The van der Waals surface area contributed by atoms with Gasteiger partial charge in [-0.2, -0.15) is 0 Å². The molecule has 2 amide bonds. The van der Waals surface area contributed by atoms with Crippen molar-refractivity contribution in [2.75, 3.05) is 6.54 Å². The smallest absolute Gasteiger partial charge is 0.220 e. The van der Waals surface area contributed by atoms with Gasteiger partial charge in [0, 0.05) is 32.0 Å². The van der Waals surface area contributed by atoms with E-state index in [1.807, 2.05) is 18.2 Å². The lowest BCUT2D eigenvalue weighted by atomic mass is 10.00. The van der Waals surface area contributed by atoms with Crippen molar-refractivity contribution < 1.29 is 23.5 Å². The van der Waals surface area contributed by atoms with Crippen LogP contribution in [0.15, 0.2) is 42.5 Å². The van der Waals surface area contributed by atoms with E-state index >= 15 is 0 Å². The van der Waals surface area contributed by atoms with Gasteiger partial charge in [0.15, 0.2) is 0 Å². The van der Waals surface area contributed by atoms with Crippen LogP contribution in [0.25, 0.3) is 0 Å². The first-order valence-electron chi connectivity index (χ1n) is 10.3. The van der Waals surface area contributed by atoms with Crippen molar-refractivity contribution in [3.63, 3.8) is 0 Å². The van der Waals surface area contributed by atoms with Crippen molar-refractivity contribution in [2.45, 2.75) is 51.3 Å². The Morgan fingerprint density at radius 1 is 1.03 bits per heavy atom. The van der Waals surface area contributed by atoms with Gasteiger partial charge in [0.25, 0.3) is 0 Å². The van der Waals surface area contributed by atoms with Crippen molar-refractivity contribution in [3.05, 3.63) is 70.8 Å². The van der Waals surface area contributed by atoms with E-state index in [1.165, 1.54) is 5.56 Å². The van der Waals surface area contributed by atoms with Gasteiger partial charge in [-0.1, -0.05) is 31.2 Å². The number of halogens is 2. The summed E-state index contributed by atoms with van der Waals surface area (Å²) < 4.78 is 27.1. The number of amides is 2. The van der Waals surface area contributed by atoms with Crippen LogP contribution in [-0.4, -0.2) is 35.6 Å². The van der Waals surface area contributed by atoms with Crippen LogP contribution < -0.4 is 16.4 Å². The largest absolute Gasteiger partial charge is 0.390 e. The molecule has 0 bridgehead atoms. The third-order valence-electron chi connectivity index (χ3n) is 4.87. The molecule has 0 aromatic heterocycles. The summed E-state index contributed by atoms with van der Waals surface area (Å²) >= 11 is 0. The van der Waals surface area contributed by atoms with E-state index in [9.17, 15) is 23.5 Å². The van der Waals surface area contributed by atoms with Crippen LogP contribution in [0.1, 0.15) is 36.5 Å². The molecule has 0 radical (unpaired) electrons. The van der Waals surface area contributed by atoms with Crippen LogP contribution in [0, 0.1) is 11.6 Å². The molecule has 0 aliphatic rings. The van der Waals surface area contributed by atoms with Gasteiger partial charge in [-0.25, -0.2) is 8.78 Å². The van der Waals surface area contributed by atoms with E-state index in [-0.39, 0.29) is 25.8 Å². The average molecular weight is 433 g/mol. The Labute approximate surface area is 180 Å². The van der Waals surface area contributed by atoms with Gasteiger partial charge >= 0.3 is 0 Å². The molecule has 2 rings (SSSR count). The molecule has 8 heteroatoms. The molecule has 31 heavy (non-hydrogen) atoms. The van der Waals surface area contributed by atoms with Crippen LogP contribution in [0.2, 0.25) is 0 Å². The number of nitrogens with one attached hydrogen (secondary N) is 2. The fourth-order valence-corrected chi connectivity index (χ4v) is 3.25. The molecule has 5 N–H and O–H groups in total. The predicted molar refractivity (Wildman–Crippen MR) is 114 cm³/mol. The zero-order chi connectivity index (χ0) is 22.8. The van der Waals surface area contributed by atoms with Crippen LogP contribution in [-0.2, 0) is 29.0 Å². The minimum absolute atomic E-state index is 0.0190. The number of primary amides is 1. The summed E-state index contributed by atoms with van der Waals surface area (Å²) in [5, 5.41) is 16.4. The van der Waals surface area contributed by atoms with Crippen molar-refractivity contribution in [1.82, 2.24) is 10.6 Å². The molecule has 0 fully saturated rings. The van der Waals surface area contributed by atoms with Crippen molar-refractivity contribution >= 4 is 11.8 Å². The second kappa shape index (κ2) is 12.1. The normalized spacial score (nSPS) is 12.9. The number of carbonyl (C=O) groups is 2. The van der Waals surface area contributed by atoms with Gasteiger partial charge in [-0.05, 0) is 41.7 Å². The highest BCUT2D eigenvalue weighted by molar-refractivity contribution is 5.83. The second-order valence-corrected chi connectivity index (χ2v) is 7.49. The lowest BCUT2D eigenvalue weighted by Crippen LogP contribution is -2.48. The summed E-state index contributed by atoms with van der Waals surface area (Å²) in [7, 11) is 0. The van der Waals surface area contributed by atoms with Gasteiger partial charge in [-0.3, -0.25) is 9.59 Å². The molecule has 0 spiro atoms. The topological polar surface area (TPSA) is 104 Å². The van der Waals surface area contributed by atoms with Crippen molar-refractivity contribution in [3.8, 4) is 0 Å². The van der Waals surface area contributed by atoms with E-state index in [2.05, 4.69) is 23.6 Å². The summed E-state index contributed by atoms with van der Waals surface area (Å²) in [6.07, 6.45) is -0.355. The average Bonchev–Trinajstić information content (AvgIpc) is 2.71. The minimum atomic E-state index is -1.03. The Morgan fingerprint density at radius 2 is 1.71 bits per heavy atom. The number of hydrogen-bond acceptors (Lipinski definition) is 4. The fraction of sp³-hybridized carbons (Fsp3) is 0.391. The minimum Gasteiger partial charge on any atom is -0.390 e. The Hall–Kier alpha value is -2.84. The van der Waals surface area contributed by atoms with Crippen molar-refractivity contribution in [2.24, 2.45) is 5.73 Å². The Balaban J connectivity index is 2.02. The van der Waals surface area contributed by atoms with E-state index < -0.39 is 35.6 Å². The first kappa shape index (κ1) is 24.4. The molecule has 0 aliphatic heterocycles. The molecule has 2 aromatic rings. The van der Waals surface area contributed by atoms with Crippen LogP contribution >= 0.6 is 0 Å². The summed E-state index contributed by atoms with van der Waals surface area (Å²) in [6, 6.07) is 10.3. The third kappa shape index (κ3) is 8.82. The number of hydrogen-bond donors (Lipinski definition) is 4. The van der Waals surface area contributed by atoms with Gasteiger partial charge in [0.05, 0.1) is 12.1 Å². The molecule has 2 aromatic carbocycles. The summed E-state index contributed by atoms with van der Waals surface area (Å²) in [4.78, 5) is 23.1. The van der Waals surface area contributed by atoms with Crippen LogP contribution in [0.4, 0.5) is 8.78 Å². The monoisotopic (exact) mass is 433 g/mol. The van der Waals surface area contributed by atoms with Gasteiger partial charge < -0.3 is 21.5 Å². The SMILES string of the molecule is CCc1cccc(CNC[C@@H](O)[C@H](Cc2cc(F)cc(F)c2)NC(=O)CCC(N)=O)c1. The summed E-state index contributed by atoms with van der Waals surface area (Å²) in [5.74, 6) is -2.57. The number of aliphatic hydroxyl groups excluding tert-OH is 1. The molecule has 168 valence electrons. The number of carbonyl (C=O) groups excluding carboxylic acids is 2.